The molecule has 0 aliphatic heterocycles. The van der Waals surface area contributed by atoms with E-state index in [9.17, 15) is 24.6 Å². The van der Waals surface area contributed by atoms with Crippen LogP contribution in [0.15, 0.2) is 11.6 Å². The zero-order chi connectivity index (χ0) is 30.3. The Morgan fingerprint density at radius 2 is 1.66 bits per heavy atom. The van der Waals surface area contributed by atoms with Gasteiger partial charge in [0.1, 0.15) is 12.2 Å². The van der Waals surface area contributed by atoms with E-state index < -0.39 is 12.2 Å². The van der Waals surface area contributed by atoms with E-state index in [1.165, 1.54) is 26.3 Å². The summed E-state index contributed by atoms with van der Waals surface area (Å²) in [4.78, 5) is 35.1. The molecular weight excluding hydrogens is 524 g/mol. The van der Waals surface area contributed by atoms with Crippen molar-refractivity contribution in [1.82, 2.24) is 0 Å². The molecule has 41 heavy (non-hydrogen) atoms. The number of ether oxygens (including phenoxy) is 3. The standard InChI is InChI=1S/C33H52O8/c1-18(17-39-20(3)34)14-28(37)31(38)19(2)30-29(41-22(5)36)16-27-25-9-8-23-15-24(40-21(4)35)10-12-32(23,6)26(25)11-13-33(27,30)7/h8,18-19,24-31,37-38H,9-17H2,1-7H3/t18-,19+,24+,25-,26+,27+,28+,29+,30+,31-,32+,33+/m1/s1. The summed E-state index contributed by atoms with van der Waals surface area (Å²) in [5.41, 5.74) is 1.37. The Morgan fingerprint density at radius 3 is 2.29 bits per heavy atom. The fourth-order valence-electron chi connectivity index (χ4n) is 9.71. The quantitative estimate of drug-likeness (QED) is 0.224. The van der Waals surface area contributed by atoms with Crippen LogP contribution < -0.4 is 0 Å². The van der Waals surface area contributed by atoms with Gasteiger partial charge in [0.25, 0.3) is 0 Å². The van der Waals surface area contributed by atoms with E-state index in [0.717, 1.165) is 44.9 Å². The molecule has 0 spiro atoms. The van der Waals surface area contributed by atoms with Gasteiger partial charge in [-0.1, -0.05) is 39.3 Å². The monoisotopic (exact) mass is 576 g/mol. The molecule has 0 unspecified atom stereocenters. The molecule has 0 amide bonds. The van der Waals surface area contributed by atoms with Crippen molar-refractivity contribution in [2.45, 2.75) is 124 Å². The van der Waals surface area contributed by atoms with E-state index in [-0.39, 0.29) is 65.3 Å². The molecule has 4 aliphatic carbocycles. The average Bonchev–Trinajstić information content (AvgIpc) is 3.17. The third-order valence-electron chi connectivity index (χ3n) is 11.5. The maximum Gasteiger partial charge on any atom is 0.302 e. The fraction of sp³-hybridized carbons (Fsp3) is 0.848. The van der Waals surface area contributed by atoms with E-state index in [2.05, 4.69) is 19.9 Å². The molecule has 0 saturated heterocycles. The summed E-state index contributed by atoms with van der Waals surface area (Å²) < 4.78 is 16.7. The van der Waals surface area contributed by atoms with Crippen LogP contribution in [0.5, 0.6) is 0 Å². The molecule has 0 bridgehead atoms. The van der Waals surface area contributed by atoms with Gasteiger partial charge < -0.3 is 24.4 Å². The molecule has 8 nitrogen and oxygen atoms in total. The van der Waals surface area contributed by atoms with Crippen molar-refractivity contribution in [3.05, 3.63) is 11.6 Å². The first kappa shape index (κ1) is 32.0. The zero-order valence-corrected chi connectivity index (χ0v) is 26.1. The van der Waals surface area contributed by atoms with Crippen LogP contribution in [0.3, 0.4) is 0 Å². The molecule has 3 saturated carbocycles. The normalized spacial score (nSPS) is 39.1. The Balaban J connectivity index is 1.55. The highest BCUT2D eigenvalue weighted by Crippen LogP contribution is 2.67. The summed E-state index contributed by atoms with van der Waals surface area (Å²) in [7, 11) is 0. The lowest BCUT2D eigenvalue weighted by Crippen LogP contribution is -2.52. The van der Waals surface area contributed by atoms with Crippen LogP contribution in [0, 0.1) is 46.3 Å². The average molecular weight is 577 g/mol. The molecular formula is C33H52O8. The summed E-state index contributed by atoms with van der Waals surface area (Å²) in [6.07, 6.45) is 6.90. The van der Waals surface area contributed by atoms with E-state index in [1.54, 1.807) is 0 Å². The summed E-state index contributed by atoms with van der Waals surface area (Å²) in [5, 5.41) is 22.4. The minimum absolute atomic E-state index is 0.0352. The Bertz CT molecular complexity index is 1020. The van der Waals surface area contributed by atoms with Crippen molar-refractivity contribution < 1.29 is 38.8 Å². The molecule has 0 aromatic carbocycles. The number of aliphatic hydroxyl groups is 2. The Hall–Kier alpha value is -1.93. The van der Waals surface area contributed by atoms with Crippen LogP contribution in [-0.2, 0) is 28.6 Å². The molecule has 4 aliphatic rings. The van der Waals surface area contributed by atoms with Crippen molar-refractivity contribution in [3.8, 4) is 0 Å². The number of carbonyl (C=O) groups is 3. The molecule has 2 N–H and O–H groups in total. The number of aliphatic hydroxyl groups excluding tert-OH is 2. The van der Waals surface area contributed by atoms with E-state index in [0.29, 0.717) is 24.2 Å². The van der Waals surface area contributed by atoms with Gasteiger partial charge in [0.15, 0.2) is 0 Å². The number of allylic oxidation sites excluding steroid dienone is 1. The van der Waals surface area contributed by atoms with Crippen LogP contribution in [-0.4, -0.2) is 59.1 Å². The van der Waals surface area contributed by atoms with Gasteiger partial charge in [-0.2, -0.15) is 0 Å². The van der Waals surface area contributed by atoms with Gasteiger partial charge in [-0.25, -0.2) is 0 Å². The van der Waals surface area contributed by atoms with Gasteiger partial charge in [0, 0.05) is 33.1 Å². The minimum Gasteiger partial charge on any atom is -0.466 e. The largest absolute Gasteiger partial charge is 0.466 e. The highest BCUT2D eigenvalue weighted by atomic mass is 16.5. The van der Waals surface area contributed by atoms with Crippen LogP contribution in [0.25, 0.3) is 0 Å². The second-order valence-electron chi connectivity index (χ2n) is 14.2. The van der Waals surface area contributed by atoms with Crippen LogP contribution in [0.4, 0.5) is 0 Å². The van der Waals surface area contributed by atoms with Gasteiger partial charge in [0.2, 0.25) is 0 Å². The number of carbonyl (C=O) groups excluding carboxylic acids is 3. The Morgan fingerprint density at radius 1 is 0.976 bits per heavy atom. The molecule has 0 heterocycles. The third kappa shape index (κ3) is 6.39. The van der Waals surface area contributed by atoms with Crippen LogP contribution in [0.2, 0.25) is 0 Å². The predicted octanol–water partition coefficient (Wildman–Crippen LogP) is 4.99. The number of hydrogen-bond donors (Lipinski definition) is 2. The van der Waals surface area contributed by atoms with E-state index >= 15 is 0 Å². The SMILES string of the molecule is CC(=O)OC[C@H](C)C[C@H](O)[C@H](O)[C@@H](C)[C@H]1[C@@H](OC(C)=O)C[C@H]2[C@@H]3CC=C4C[C@@H](OC(C)=O)CC[C@]4(C)[C@H]3CC[C@]12C. The topological polar surface area (TPSA) is 119 Å². The van der Waals surface area contributed by atoms with Crippen LogP contribution >= 0.6 is 0 Å². The smallest absolute Gasteiger partial charge is 0.302 e. The minimum atomic E-state index is -0.988. The summed E-state index contributed by atoms with van der Waals surface area (Å²) >= 11 is 0. The lowest BCUT2D eigenvalue weighted by Gasteiger charge is -2.58. The lowest BCUT2D eigenvalue weighted by atomic mass is 9.47. The predicted molar refractivity (Wildman–Crippen MR) is 153 cm³/mol. The number of esters is 3. The molecule has 12 atom stereocenters. The molecule has 0 radical (unpaired) electrons. The highest BCUT2D eigenvalue weighted by molar-refractivity contribution is 5.66. The molecule has 232 valence electrons. The summed E-state index contributed by atoms with van der Waals surface area (Å²) in [5.74, 6) is -0.0330. The summed E-state index contributed by atoms with van der Waals surface area (Å²) in [6, 6.07) is 0. The number of rotatable bonds is 9. The molecule has 8 heteroatoms. The van der Waals surface area contributed by atoms with Crippen molar-refractivity contribution >= 4 is 17.9 Å². The second-order valence-corrected chi connectivity index (χ2v) is 14.2. The maximum absolute atomic E-state index is 12.3. The van der Waals surface area contributed by atoms with Crippen molar-refractivity contribution in [2.75, 3.05) is 6.61 Å². The number of hydrogen-bond acceptors (Lipinski definition) is 8. The lowest BCUT2D eigenvalue weighted by molar-refractivity contribution is -0.154. The second kappa shape index (κ2) is 12.4. The zero-order valence-electron chi connectivity index (χ0n) is 26.1. The molecule has 4 rings (SSSR count). The molecule has 3 fully saturated rings. The number of fused-ring (bicyclic) bond motifs is 5. The van der Waals surface area contributed by atoms with Gasteiger partial charge in [-0.15, -0.1) is 0 Å². The third-order valence-corrected chi connectivity index (χ3v) is 11.5. The van der Waals surface area contributed by atoms with Crippen molar-refractivity contribution in [3.63, 3.8) is 0 Å². The van der Waals surface area contributed by atoms with Gasteiger partial charge >= 0.3 is 17.9 Å². The first-order valence-corrected chi connectivity index (χ1v) is 15.7. The van der Waals surface area contributed by atoms with E-state index in [1.807, 2.05) is 13.8 Å². The maximum atomic E-state index is 12.3. The van der Waals surface area contributed by atoms with Crippen molar-refractivity contribution in [2.24, 2.45) is 46.3 Å². The molecule has 0 aromatic heterocycles. The first-order valence-electron chi connectivity index (χ1n) is 15.7. The first-order chi connectivity index (χ1) is 19.2. The van der Waals surface area contributed by atoms with Crippen molar-refractivity contribution in [1.29, 1.82) is 0 Å². The van der Waals surface area contributed by atoms with Gasteiger partial charge in [0.05, 0.1) is 18.8 Å². The van der Waals surface area contributed by atoms with E-state index in [4.69, 9.17) is 14.2 Å². The van der Waals surface area contributed by atoms with Crippen LogP contribution in [0.1, 0.15) is 99.8 Å². The highest BCUT2D eigenvalue weighted by Gasteiger charge is 2.63. The Kier molecular flexibility index (Phi) is 9.64. The summed E-state index contributed by atoms with van der Waals surface area (Å²) in [6.45, 7) is 13.1. The molecule has 0 aromatic rings. The van der Waals surface area contributed by atoms with Gasteiger partial charge in [-0.05, 0) is 85.4 Å². The fourth-order valence-corrected chi connectivity index (χ4v) is 9.71. The van der Waals surface area contributed by atoms with Gasteiger partial charge in [-0.3, -0.25) is 14.4 Å². The Labute approximate surface area is 245 Å².